The summed E-state index contributed by atoms with van der Waals surface area (Å²) >= 11 is 0. The SMILES string of the molecule is CCN(CCNC(C)c1ccc(O)cc1O)C(=O)OC(C)(C)C. The average molecular weight is 324 g/mol. The molecule has 1 aromatic rings. The van der Waals surface area contributed by atoms with Crippen LogP contribution in [0.3, 0.4) is 0 Å². The normalized spacial score (nSPS) is 12.7. The minimum absolute atomic E-state index is 0.0283. The highest BCUT2D eigenvalue weighted by molar-refractivity contribution is 5.68. The van der Waals surface area contributed by atoms with E-state index in [9.17, 15) is 15.0 Å². The third kappa shape index (κ3) is 6.36. The first kappa shape index (κ1) is 19.1. The maximum Gasteiger partial charge on any atom is 0.410 e. The van der Waals surface area contributed by atoms with Crippen molar-refractivity contribution in [2.75, 3.05) is 19.6 Å². The van der Waals surface area contributed by atoms with E-state index in [-0.39, 0.29) is 23.6 Å². The first-order chi connectivity index (χ1) is 10.6. The van der Waals surface area contributed by atoms with Crippen LogP contribution in [0.2, 0.25) is 0 Å². The number of carbonyl (C=O) groups is 1. The van der Waals surface area contributed by atoms with E-state index in [0.717, 1.165) is 0 Å². The van der Waals surface area contributed by atoms with Crippen LogP contribution in [-0.4, -0.2) is 46.4 Å². The quantitative estimate of drug-likeness (QED) is 0.749. The van der Waals surface area contributed by atoms with E-state index in [0.29, 0.717) is 25.2 Å². The number of rotatable bonds is 6. The minimum Gasteiger partial charge on any atom is -0.508 e. The van der Waals surface area contributed by atoms with Gasteiger partial charge >= 0.3 is 6.09 Å². The number of nitrogens with one attached hydrogen (secondary N) is 1. The van der Waals surface area contributed by atoms with Crippen LogP contribution in [0.4, 0.5) is 4.79 Å². The van der Waals surface area contributed by atoms with Crippen molar-refractivity contribution in [2.24, 2.45) is 0 Å². The number of carbonyl (C=O) groups excluding carboxylic acids is 1. The summed E-state index contributed by atoms with van der Waals surface area (Å²) in [6.45, 7) is 11.0. The van der Waals surface area contributed by atoms with Gasteiger partial charge in [-0.1, -0.05) is 6.07 Å². The van der Waals surface area contributed by atoms with Gasteiger partial charge < -0.3 is 25.2 Å². The molecule has 0 aliphatic rings. The molecule has 0 aliphatic carbocycles. The number of hydrogen-bond acceptors (Lipinski definition) is 5. The molecule has 1 atom stereocenters. The molecule has 0 fully saturated rings. The van der Waals surface area contributed by atoms with Gasteiger partial charge in [0.25, 0.3) is 0 Å². The van der Waals surface area contributed by atoms with Crippen molar-refractivity contribution in [3.63, 3.8) is 0 Å². The lowest BCUT2D eigenvalue weighted by molar-refractivity contribution is 0.0261. The van der Waals surface area contributed by atoms with E-state index in [1.807, 2.05) is 34.6 Å². The van der Waals surface area contributed by atoms with Gasteiger partial charge in [-0.15, -0.1) is 0 Å². The number of ether oxygens (including phenoxy) is 1. The third-order valence-corrected chi connectivity index (χ3v) is 3.35. The zero-order chi connectivity index (χ0) is 17.6. The highest BCUT2D eigenvalue weighted by Crippen LogP contribution is 2.27. The van der Waals surface area contributed by atoms with Crippen LogP contribution in [0.1, 0.15) is 46.2 Å². The van der Waals surface area contributed by atoms with Gasteiger partial charge in [0.1, 0.15) is 17.1 Å². The maximum atomic E-state index is 12.0. The largest absolute Gasteiger partial charge is 0.508 e. The summed E-state index contributed by atoms with van der Waals surface area (Å²) in [5.41, 5.74) is 0.186. The van der Waals surface area contributed by atoms with Gasteiger partial charge in [-0.05, 0) is 40.7 Å². The summed E-state index contributed by atoms with van der Waals surface area (Å²) in [4.78, 5) is 13.7. The Balaban J connectivity index is 2.52. The third-order valence-electron chi connectivity index (χ3n) is 3.35. The first-order valence-electron chi connectivity index (χ1n) is 7.87. The monoisotopic (exact) mass is 324 g/mol. The second-order valence-corrected chi connectivity index (χ2v) is 6.48. The fourth-order valence-corrected chi connectivity index (χ4v) is 2.13. The van der Waals surface area contributed by atoms with Gasteiger partial charge in [0, 0.05) is 37.3 Å². The number of nitrogens with zero attached hydrogens (tertiary/aromatic N) is 1. The standard InChI is InChI=1S/C17H28N2O4/c1-6-19(16(22)23-17(3,4)5)10-9-18-12(2)14-8-7-13(20)11-15(14)21/h7-8,11-12,18,20-21H,6,9-10H2,1-5H3. The van der Waals surface area contributed by atoms with E-state index in [2.05, 4.69) is 5.32 Å². The molecule has 1 unspecified atom stereocenters. The van der Waals surface area contributed by atoms with Crippen molar-refractivity contribution < 1.29 is 19.7 Å². The van der Waals surface area contributed by atoms with Gasteiger partial charge in [-0.3, -0.25) is 0 Å². The molecular formula is C17H28N2O4. The number of phenolic OH excluding ortho intramolecular Hbond substituents is 2. The zero-order valence-corrected chi connectivity index (χ0v) is 14.6. The fraction of sp³-hybridized carbons (Fsp3) is 0.588. The number of phenols is 2. The van der Waals surface area contributed by atoms with E-state index < -0.39 is 5.60 Å². The van der Waals surface area contributed by atoms with Crippen molar-refractivity contribution in [2.45, 2.75) is 46.3 Å². The predicted molar refractivity (Wildman–Crippen MR) is 89.7 cm³/mol. The topological polar surface area (TPSA) is 82.0 Å². The predicted octanol–water partition coefficient (Wildman–Crippen LogP) is 3.01. The fourth-order valence-electron chi connectivity index (χ4n) is 2.13. The molecule has 6 heteroatoms. The summed E-state index contributed by atoms with van der Waals surface area (Å²) in [5.74, 6) is 0.0741. The van der Waals surface area contributed by atoms with E-state index in [1.54, 1.807) is 11.0 Å². The van der Waals surface area contributed by atoms with Crippen molar-refractivity contribution in [1.82, 2.24) is 10.2 Å². The molecule has 0 saturated heterocycles. The minimum atomic E-state index is -0.511. The lowest BCUT2D eigenvalue weighted by Crippen LogP contribution is -2.40. The molecule has 130 valence electrons. The Labute approximate surface area is 138 Å². The molecule has 3 N–H and O–H groups in total. The van der Waals surface area contributed by atoms with Gasteiger partial charge in [0.05, 0.1) is 0 Å². The Bertz CT molecular complexity index is 526. The Morgan fingerprint density at radius 3 is 2.52 bits per heavy atom. The van der Waals surface area contributed by atoms with Crippen molar-refractivity contribution in [1.29, 1.82) is 0 Å². The van der Waals surface area contributed by atoms with E-state index in [1.165, 1.54) is 12.1 Å². The van der Waals surface area contributed by atoms with Crippen LogP contribution in [-0.2, 0) is 4.74 Å². The second kappa shape index (κ2) is 8.06. The summed E-state index contributed by atoms with van der Waals surface area (Å²) in [6.07, 6.45) is -0.332. The first-order valence-corrected chi connectivity index (χ1v) is 7.87. The lowest BCUT2D eigenvalue weighted by Gasteiger charge is -2.27. The molecule has 1 rings (SSSR count). The number of aromatic hydroxyl groups is 2. The summed E-state index contributed by atoms with van der Waals surface area (Å²) in [7, 11) is 0. The van der Waals surface area contributed by atoms with Gasteiger partial charge in [0.2, 0.25) is 0 Å². The van der Waals surface area contributed by atoms with Crippen molar-refractivity contribution >= 4 is 6.09 Å². The Kier molecular flexibility index (Phi) is 6.69. The lowest BCUT2D eigenvalue weighted by atomic mass is 10.1. The molecule has 1 amide bonds. The molecule has 0 bridgehead atoms. The summed E-state index contributed by atoms with van der Waals surface area (Å²) in [6, 6.07) is 4.42. The smallest absolute Gasteiger partial charge is 0.410 e. The summed E-state index contributed by atoms with van der Waals surface area (Å²) < 4.78 is 5.36. The van der Waals surface area contributed by atoms with Crippen LogP contribution < -0.4 is 5.32 Å². The van der Waals surface area contributed by atoms with Crippen molar-refractivity contribution in [3.8, 4) is 11.5 Å². The molecule has 0 saturated carbocycles. The molecule has 0 aromatic heterocycles. The van der Waals surface area contributed by atoms with Gasteiger partial charge in [0.15, 0.2) is 0 Å². The molecule has 0 radical (unpaired) electrons. The molecule has 23 heavy (non-hydrogen) atoms. The van der Waals surface area contributed by atoms with Gasteiger partial charge in [-0.2, -0.15) is 0 Å². The number of amides is 1. The van der Waals surface area contributed by atoms with Crippen LogP contribution in [0, 0.1) is 0 Å². The average Bonchev–Trinajstić information content (AvgIpc) is 2.41. The molecule has 1 aromatic carbocycles. The Morgan fingerprint density at radius 1 is 1.35 bits per heavy atom. The van der Waals surface area contributed by atoms with Gasteiger partial charge in [-0.25, -0.2) is 4.79 Å². The maximum absolute atomic E-state index is 12.0. The van der Waals surface area contributed by atoms with Crippen LogP contribution in [0.15, 0.2) is 18.2 Å². The summed E-state index contributed by atoms with van der Waals surface area (Å²) in [5, 5.41) is 22.4. The molecule has 0 aliphatic heterocycles. The number of hydrogen-bond donors (Lipinski definition) is 3. The van der Waals surface area contributed by atoms with E-state index in [4.69, 9.17) is 4.74 Å². The molecular weight excluding hydrogens is 296 g/mol. The molecule has 0 heterocycles. The highest BCUT2D eigenvalue weighted by atomic mass is 16.6. The molecule has 6 nitrogen and oxygen atoms in total. The highest BCUT2D eigenvalue weighted by Gasteiger charge is 2.21. The Morgan fingerprint density at radius 2 is 2.00 bits per heavy atom. The number of likely N-dealkylation sites (N-methyl/N-ethyl adjacent to an activating group) is 1. The second-order valence-electron chi connectivity index (χ2n) is 6.48. The van der Waals surface area contributed by atoms with Crippen molar-refractivity contribution in [3.05, 3.63) is 23.8 Å². The van der Waals surface area contributed by atoms with E-state index >= 15 is 0 Å². The Hall–Kier alpha value is -1.95. The zero-order valence-electron chi connectivity index (χ0n) is 14.6. The van der Waals surface area contributed by atoms with Crippen LogP contribution in [0.25, 0.3) is 0 Å². The number of benzene rings is 1. The molecule has 0 spiro atoms. The van der Waals surface area contributed by atoms with Crippen LogP contribution >= 0.6 is 0 Å². The van der Waals surface area contributed by atoms with Crippen LogP contribution in [0.5, 0.6) is 11.5 Å².